The summed E-state index contributed by atoms with van der Waals surface area (Å²) in [7, 11) is 0. The summed E-state index contributed by atoms with van der Waals surface area (Å²) in [6, 6.07) is 10.2. The Morgan fingerprint density at radius 1 is 1.32 bits per heavy atom. The van der Waals surface area contributed by atoms with Crippen LogP contribution in [0.5, 0.6) is 0 Å². The molecule has 0 radical (unpaired) electrons. The molecule has 0 aliphatic heterocycles. The zero-order valence-electron chi connectivity index (χ0n) is 12.3. The molecule has 1 amide bonds. The molecular formula is C17H17N3OS. The van der Waals surface area contributed by atoms with Crippen molar-refractivity contribution in [3.05, 3.63) is 76.0 Å². The summed E-state index contributed by atoms with van der Waals surface area (Å²) in [6.07, 6.45) is 5.51. The van der Waals surface area contributed by atoms with Crippen LogP contribution in [0, 0.1) is 6.92 Å². The van der Waals surface area contributed by atoms with E-state index in [1.165, 1.54) is 16.9 Å². The third-order valence-corrected chi connectivity index (χ3v) is 4.45. The first-order valence-electron chi connectivity index (χ1n) is 7.08. The molecule has 0 unspecified atom stereocenters. The maximum absolute atomic E-state index is 12.1. The smallest absolute Gasteiger partial charge is 0.261 e. The van der Waals surface area contributed by atoms with Crippen molar-refractivity contribution in [1.29, 1.82) is 0 Å². The number of carbonyl (C=O) groups is 1. The monoisotopic (exact) mass is 311 g/mol. The first kappa shape index (κ1) is 14.5. The van der Waals surface area contributed by atoms with Crippen LogP contribution < -0.4 is 5.32 Å². The van der Waals surface area contributed by atoms with Crippen molar-refractivity contribution in [2.75, 3.05) is 0 Å². The SMILES string of the molecule is Cc1ccsc1C(=O)NCc1cccc(Cn2ccnc2)c1. The highest BCUT2D eigenvalue weighted by molar-refractivity contribution is 7.12. The van der Waals surface area contributed by atoms with Crippen LogP contribution in [0.2, 0.25) is 0 Å². The van der Waals surface area contributed by atoms with Crippen LogP contribution >= 0.6 is 11.3 Å². The number of imidazole rings is 1. The first-order valence-corrected chi connectivity index (χ1v) is 7.96. The number of thiophene rings is 1. The van der Waals surface area contributed by atoms with Crippen LogP contribution in [0.25, 0.3) is 0 Å². The number of aryl methyl sites for hydroxylation is 1. The molecule has 4 nitrogen and oxygen atoms in total. The maximum atomic E-state index is 12.1. The van der Waals surface area contributed by atoms with Gasteiger partial charge >= 0.3 is 0 Å². The molecular weight excluding hydrogens is 294 g/mol. The van der Waals surface area contributed by atoms with Crippen LogP contribution in [0.3, 0.4) is 0 Å². The van der Waals surface area contributed by atoms with E-state index in [9.17, 15) is 4.79 Å². The van der Waals surface area contributed by atoms with Crippen molar-refractivity contribution in [1.82, 2.24) is 14.9 Å². The van der Waals surface area contributed by atoms with E-state index in [2.05, 4.69) is 22.4 Å². The highest BCUT2D eigenvalue weighted by Gasteiger charge is 2.09. The van der Waals surface area contributed by atoms with Gasteiger partial charge < -0.3 is 9.88 Å². The number of nitrogens with zero attached hydrogens (tertiary/aromatic N) is 2. The van der Waals surface area contributed by atoms with E-state index in [4.69, 9.17) is 0 Å². The van der Waals surface area contributed by atoms with Gasteiger partial charge in [-0.05, 0) is 35.1 Å². The van der Waals surface area contributed by atoms with Gasteiger partial charge in [0, 0.05) is 25.5 Å². The van der Waals surface area contributed by atoms with Gasteiger partial charge in [-0.25, -0.2) is 4.98 Å². The van der Waals surface area contributed by atoms with E-state index in [0.717, 1.165) is 22.5 Å². The lowest BCUT2D eigenvalue weighted by Gasteiger charge is -2.08. The fourth-order valence-electron chi connectivity index (χ4n) is 2.30. The molecule has 0 spiro atoms. The zero-order chi connectivity index (χ0) is 15.4. The van der Waals surface area contributed by atoms with Crippen LogP contribution in [0.15, 0.2) is 54.4 Å². The van der Waals surface area contributed by atoms with Gasteiger partial charge in [-0.3, -0.25) is 4.79 Å². The molecule has 3 aromatic rings. The van der Waals surface area contributed by atoms with Gasteiger partial charge in [-0.1, -0.05) is 24.3 Å². The number of hydrogen-bond acceptors (Lipinski definition) is 3. The summed E-state index contributed by atoms with van der Waals surface area (Å²) in [6.45, 7) is 3.27. The van der Waals surface area contributed by atoms with E-state index < -0.39 is 0 Å². The Labute approximate surface area is 133 Å². The second-order valence-corrected chi connectivity index (χ2v) is 6.09. The molecule has 0 atom stereocenters. The van der Waals surface area contributed by atoms with E-state index in [0.29, 0.717) is 6.54 Å². The first-order chi connectivity index (χ1) is 10.7. The summed E-state index contributed by atoms with van der Waals surface area (Å²) < 4.78 is 2.02. The van der Waals surface area contributed by atoms with Crippen LogP contribution in [0.4, 0.5) is 0 Å². The molecule has 1 aromatic carbocycles. The molecule has 112 valence electrons. The molecule has 0 fully saturated rings. The minimum Gasteiger partial charge on any atom is -0.347 e. The summed E-state index contributed by atoms with van der Waals surface area (Å²) in [5.74, 6) is -0.00693. The van der Waals surface area contributed by atoms with Crippen LogP contribution in [-0.4, -0.2) is 15.5 Å². The van der Waals surface area contributed by atoms with Gasteiger partial charge in [-0.2, -0.15) is 0 Å². The molecule has 0 aliphatic rings. The normalized spacial score (nSPS) is 10.6. The van der Waals surface area contributed by atoms with E-state index >= 15 is 0 Å². The van der Waals surface area contributed by atoms with E-state index in [1.807, 2.05) is 41.3 Å². The van der Waals surface area contributed by atoms with E-state index in [-0.39, 0.29) is 5.91 Å². The predicted octanol–water partition coefficient (Wildman–Crippen LogP) is 3.23. The highest BCUT2D eigenvalue weighted by atomic mass is 32.1. The molecule has 5 heteroatoms. The van der Waals surface area contributed by atoms with Crippen molar-refractivity contribution in [2.45, 2.75) is 20.0 Å². The lowest BCUT2D eigenvalue weighted by Crippen LogP contribution is -2.22. The molecule has 0 saturated heterocycles. The highest BCUT2D eigenvalue weighted by Crippen LogP contribution is 2.15. The molecule has 0 bridgehead atoms. The molecule has 0 aliphatic carbocycles. The molecule has 0 saturated carbocycles. The third-order valence-electron chi connectivity index (χ3n) is 3.44. The zero-order valence-corrected chi connectivity index (χ0v) is 13.1. The Morgan fingerprint density at radius 3 is 2.91 bits per heavy atom. The van der Waals surface area contributed by atoms with Crippen molar-refractivity contribution < 1.29 is 4.79 Å². The average Bonchev–Trinajstić information content (AvgIpc) is 3.17. The van der Waals surface area contributed by atoms with Crippen LogP contribution in [0.1, 0.15) is 26.4 Å². The number of carbonyl (C=O) groups excluding carboxylic acids is 1. The quantitative estimate of drug-likeness (QED) is 0.786. The summed E-state index contributed by atoms with van der Waals surface area (Å²) in [5.41, 5.74) is 3.31. The van der Waals surface area contributed by atoms with E-state index in [1.54, 1.807) is 12.5 Å². The molecule has 3 rings (SSSR count). The maximum Gasteiger partial charge on any atom is 0.261 e. The number of nitrogens with one attached hydrogen (secondary N) is 1. The molecule has 22 heavy (non-hydrogen) atoms. The fourth-order valence-corrected chi connectivity index (χ4v) is 3.14. The van der Waals surface area contributed by atoms with Gasteiger partial charge in [0.2, 0.25) is 0 Å². The number of benzene rings is 1. The van der Waals surface area contributed by atoms with Gasteiger partial charge in [0.1, 0.15) is 0 Å². The van der Waals surface area contributed by atoms with Gasteiger partial charge in [0.25, 0.3) is 5.91 Å². The topological polar surface area (TPSA) is 46.9 Å². The second kappa shape index (κ2) is 6.58. The minimum absolute atomic E-state index is 0.00693. The molecule has 1 N–H and O–H groups in total. The van der Waals surface area contributed by atoms with Gasteiger partial charge in [-0.15, -0.1) is 11.3 Å². The number of aromatic nitrogens is 2. The average molecular weight is 311 g/mol. The number of rotatable bonds is 5. The summed E-state index contributed by atoms with van der Waals surface area (Å²) in [5, 5.41) is 4.92. The van der Waals surface area contributed by atoms with Crippen molar-refractivity contribution in [3.8, 4) is 0 Å². The molecule has 2 heterocycles. The predicted molar refractivity (Wildman–Crippen MR) is 88.0 cm³/mol. The second-order valence-electron chi connectivity index (χ2n) is 5.17. The lowest BCUT2D eigenvalue weighted by atomic mass is 10.1. The Morgan fingerprint density at radius 2 is 2.18 bits per heavy atom. The van der Waals surface area contributed by atoms with Crippen molar-refractivity contribution >= 4 is 17.2 Å². The lowest BCUT2D eigenvalue weighted by molar-refractivity contribution is 0.0954. The number of amides is 1. The largest absolute Gasteiger partial charge is 0.347 e. The Bertz CT molecular complexity index is 762. The molecule has 2 aromatic heterocycles. The summed E-state index contributed by atoms with van der Waals surface area (Å²) in [4.78, 5) is 17.0. The standard InChI is InChI=1S/C17H17N3OS/c1-13-5-8-22-16(13)17(21)19-10-14-3-2-4-15(9-14)11-20-7-6-18-12-20/h2-9,12H,10-11H2,1H3,(H,19,21). The van der Waals surface area contributed by atoms with Gasteiger partial charge in [0.05, 0.1) is 11.2 Å². The fraction of sp³-hybridized carbons (Fsp3) is 0.176. The third kappa shape index (κ3) is 3.43. The van der Waals surface area contributed by atoms with Crippen LogP contribution in [-0.2, 0) is 13.1 Å². The van der Waals surface area contributed by atoms with Gasteiger partial charge in [0.15, 0.2) is 0 Å². The Balaban J connectivity index is 1.63. The minimum atomic E-state index is -0.00693. The number of hydrogen-bond donors (Lipinski definition) is 1. The summed E-state index contributed by atoms with van der Waals surface area (Å²) >= 11 is 1.48. The van der Waals surface area contributed by atoms with Crippen molar-refractivity contribution in [3.63, 3.8) is 0 Å². The Kier molecular flexibility index (Phi) is 4.34. The Hall–Kier alpha value is -2.40. The van der Waals surface area contributed by atoms with Crippen molar-refractivity contribution in [2.24, 2.45) is 0 Å².